The minimum Gasteiger partial charge on any atom is -0.494 e. The molecule has 0 aliphatic heterocycles. The molecular formula is C17H22N4O2. The van der Waals surface area contributed by atoms with Crippen molar-refractivity contribution in [3.8, 4) is 5.75 Å². The fourth-order valence-electron chi connectivity index (χ4n) is 2.13. The number of carbonyl (C=O) groups is 1. The summed E-state index contributed by atoms with van der Waals surface area (Å²) in [6.45, 7) is 8.18. The summed E-state index contributed by atoms with van der Waals surface area (Å²) in [5.74, 6) is 1.08. The molecule has 1 N–H and O–H groups in total. The van der Waals surface area contributed by atoms with E-state index in [9.17, 15) is 4.79 Å². The maximum Gasteiger partial charge on any atom is 0.274 e. The fraction of sp³-hybridized carbons (Fsp3) is 0.353. The third-order valence-corrected chi connectivity index (χ3v) is 3.34. The van der Waals surface area contributed by atoms with Gasteiger partial charge in [-0.1, -0.05) is 0 Å². The zero-order chi connectivity index (χ0) is 16.7. The lowest BCUT2D eigenvalue weighted by Crippen LogP contribution is -2.25. The van der Waals surface area contributed by atoms with Gasteiger partial charge in [-0.2, -0.15) is 0 Å². The molecule has 122 valence electrons. The van der Waals surface area contributed by atoms with Gasteiger partial charge in [0, 0.05) is 25.0 Å². The molecule has 0 atom stereocenters. The summed E-state index contributed by atoms with van der Waals surface area (Å²) in [7, 11) is 0. The lowest BCUT2D eigenvalue weighted by Gasteiger charge is -2.18. The van der Waals surface area contributed by atoms with Crippen LogP contribution in [-0.2, 0) is 0 Å². The number of aromatic nitrogens is 2. The molecule has 0 saturated heterocycles. The van der Waals surface area contributed by atoms with Crippen molar-refractivity contribution in [3.63, 3.8) is 0 Å². The van der Waals surface area contributed by atoms with Gasteiger partial charge in [0.25, 0.3) is 5.91 Å². The zero-order valence-electron chi connectivity index (χ0n) is 13.7. The highest BCUT2D eigenvalue weighted by Crippen LogP contribution is 2.16. The van der Waals surface area contributed by atoms with Crippen LogP contribution in [0.1, 0.15) is 31.3 Å². The average molecular weight is 314 g/mol. The van der Waals surface area contributed by atoms with Crippen LogP contribution in [0, 0.1) is 0 Å². The van der Waals surface area contributed by atoms with Gasteiger partial charge in [-0.05, 0) is 51.1 Å². The van der Waals surface area contributed by atoms with Crippen LogP contribution in [0.15, 0.2) is 36.5 Å². The molecule has 0 unspecified atom stereocenters. The number of nitrogens with zero attached hydrogens (tertiary/aromatic N) is 3. The van der Waals surface area contributed by atoms with Gasteiger partial charge in [0.05, 0.1) is 6.61 Å². The van der Waals surface area contributed by atoms with E-state index in [1.54, 1.807) is 24.4 Å². The predicted octanol–water partition coefficient (Wildman–Crippen LogP) is 2.97. The summed E-state index contributed by atoms with van der Waals surface area (Å²) in [6.07, 6.45) is 1.60. The Morgan fingerprint density at radius 1 is 1.13 bits per heavy atom. The summed E-state index contributed by atoms with van der Waals surface area (Å²) in [5, 5.41) is 2.83. The molecular weight excluding hydrogens is 292 g/mol. The van der Waals surface area contributed by atoms with Crippen LogP contribution in [0.4, 0.5) is 11.6 Å². The van der Waals surface area contributed by atoms with Crippen molar-refractivity contribution in [1.82, 2.24) is 9.97 Å². The number of anilines is 2. The second-order valence-corrected chi connectivity index (χ2v) is 4.83. The SMILES string of the molecule is CCOc1ccc(NC(=O)c2ccnc(N(CC)CC)n2)cc1. The second-order valence-electron chi connectivity index (χ2n) is 4.83. The van der Waals surface area contributed by atoms with Crippen LogP contribution < -0.4 is 15.0 Å². The van der Waals surface area contributed by atoms with E-state index in [-0.39, 0.29) is 5.91 Å². The first-order valence-electron chi connectivity index (χ1n) is 7.80. The number of nitrogens with one attached hydrogen (secondary N) is 1. The summed E-state index contributed by atoms with van der Waals surface area (Å²) >= 11 is 0. The van der Waals surface area contributed by atoms with Crippen LogP contribution in [0.25, 0.3) is 0 Å². The summed E-state index contributed by atoms with van der Waals surface area (Å²) in [6, 6.07) is 8.85. The molecule has 1 aromatic carbocycles. The molecule has 0 bridgehead atoms. The third kappa shape index (κ3) is 4.42. The average Bonchev–Trinajstić information content (AvgIpc) is 2.58. The lowest BCUT2D eigenvalue weighted by molar-refractivity contribution is 0.102. The molecule has 2 aromatic rings. The highest BCUT2D eigenvalue weighted by atomic mass is 16.5. The molecule has 0 aliphatic rings. The van der Waals surface area contributed by atoms with Gasteiger partial charge in [-0.3, -0.25) is 4.79 Å². The number of amides is 1. The van der Waals surface area contributed by atoms with Gasteiger partial charge in [-0.25, -0.2) is 9.97 Å². The summed E-state index contributed by atoms with van der Waals surface area (Å²) in [5.41, 5.74) is 1.04. The van der Waals surface area contributed by atoms with Crippen LogP contribution in [0.5, 0.6) is 5.75 Å². The number of rotatable bonds is 7. The highest BCUT2D eigenvalue weighted by molar-refractivity contribution is 6.02. The number of hydrogen-bond acceptors (Lipinski definition) is 5. The smallest absolute Gasteiger partial charge is 0.274 e. The lowest BCUT2D eigenvalue weighted by atomic mass is 10.3. The molecule has 0 fully saturated rings. The minimum absolute atomic E-state index is 0.259. The normalized spacial score (nSPS) is 10.2. The van der Waals surface area contributed by atoms with E-state index < -0.39 is 0 Å². The molecule has 0 spiro atoms. The molecule has 0 saturated carbocycles. The van der Waals surface area contributed by atoms with Crippen molar-refractivity contribution in [2.45, 2.75) is 20.8 Å². The highest BCUT2D eigenvalue weighted by Gasteiger charge is 2.12. The number of ether oxygens (including phenoxy) is 1. The number of carbonyl (C=O) groups excluding carboxylic acids is 1. The van der Waals surface area contributed by atoms with Crippen molar-refractivity contribution in [1.29, 1.82) is 0 Å². The molecule has 1 heterocycles. The van der Waals surface area contributed by atoms with E-state index in [1.807, 2.05) is 37.8 Å². The van der Waals surface area contributed by atoms with Crippen LogP contribution in [-0.4, -0.2) is 35.6 Å². The van der Waals surface area contributed by atoms with E-state index >= 15 is 0 Å². The Labute approximate surface area is 136 Å². The Bertz CT molecular complexity index is 639. The second kappa shape index (κ2) is 8.12. The summed E-state index contributed by atoms with van der Waals surface area (Å²) < 4.78 is 5.38. The Morgan fingerprint density at radius 2 is 1.83 bits per heavy atom. The molecule has 1 amide bonds. The standard InChI is InChI=1S/C17H22N4O2/c1-4-21(5-2)17-18-12-11-15(20-17)16(22)19-13-7-9-14(10-8-13)23-6-3/h7-12H,4-6H2,1-3H3,(H,19,22). The Kier molecular flexibility index (Phi) is 5.91. The van der Waals surface area contributed by atoms with Crippen molar-refractivity contribution < 1.29 is 9.53 Å². The number of benzene rings is 1. The molecule has 0 aliphatic carbocycles. The van der Waals surface area contributed by atoms with Crippen LogP contribution in [0.2, 0.25) is 0 Å². The van der Waals surface area contributed by atoms with Crippen LogP contribution >= 0.6 is 0 Å². The first kappa shape index (κ1) is 16.7. The summed E-state index contributed by atoms with van der Waals surface area (Å²) in [4.78, 5) is 22.9. The minimum atomic E-state index is -0.259. The maximum absolute atomic E-state index is 12.3. The van der Waals surface area contributed by atoms with Gasteiger partial charge in [0.15, 0.2) is 0 Å². The monoisotopic (exact) mass is 314 g/mol. The quantitative estimate of drug-likeness (QED) is 0.851. The largest absolute Gasteiger partial charge is 0.494 e. The molecule has 6 nitrogen and oxygen atoms in total. The van der Waals surface area contributed by atoms with Crippen molar-refractivity contribution in [2.75, 3.05) is 29.9 Å². The van der Waals surface area contributed by atoms with E-state index in [0.717, 1.165) is 18.8 Å². The van der Waals surface area contributed by atoms with E-state index in [2.05, 4.69) is 15.3 Å². The predicted molar refractivity (Wildman–Crippen MR) is 91.2 cm³/mol. The number of hydrogen-bond donors (Lipinski definition) is 1. The molecule has 2 rings (SSSR count). The van der Waals surface area contributed by atoms with E-state index in [1.165, 1.54) is 0 Å². The van der Waals surface area contributed by atoms with Crippen molar-refractivity contribution in [2.24, 2.45) is 0 Å². The molecule has 6 heteroatoms. The van der Waals surface area contributed by atoms with Gasteiger partial charge in [0.1, 0.15) is 11.4 Å². The maximum atomic E-state index is 12.3. The van der Waals surface area contributed by atoms with Crippen LogP contribution in [0.3, 0.4) is 0 Å². The molecule has 23 heavy (non-hydrogen) atoms. The van der Waals surface area contributed by atoms with Gasteiger partial charge < -0.3 is 15.0 Å². The van der Waals surface area contributed by atoms with Gasteiger partial charge >= 0.3 is 0 Å². The first-order chi connectivity index (χ1) is 11.2. The first-order valence-corrected chi connectivity index (χ1v) is 7.80. The Balaban J connectivity index is 2.09. The third-order valence-electron chi connectivity index (χ3n) is 3.34. The van der Waals surface area contributed by atoms with E-state index in [0.29, 0.717) is 23.9 Å². The van der Waals surface area contributed by atoms with Gasteiger partial charge in [0.2, 0.25) is 5.95 Å². The van der Waals surface area contributed by atoms with Crippen molar-refractivity contribution >= 4 is 17.5 Å². The van der Waals surface area contributed by atoms with Crippen molar-refractivity contribution in [3.05, 3.63) is 42.2 Å². The molecule has 1 aromatic heterocycles. The topological polar surface area (TPSA) is 67.3 Å². The Hall–Kier alpha value is -2.63. The van der Waals surface area contributed by atoms with Gasteiger partial charge in [-0.15, -0.1) is 0 Å². The molecule has 0 radical (unpaired) electrons. The Morgan fingerprint density at radius 3 is 2.43 bits per heavy atom. The fourth-order valence-corrected chi connectivity index (χ4v) is 2.13. The van der Waals surface area contributed by atoms with E-state index in [4.69, 9.17) is 4.74 Å². The zero-order valence-corrected chi connectivity index (χ0v) is 13.7.